The molecule has 1 aromatic rings. The van der Waals surface area contributed by atoms with Crippen LogP contribution in [0.4, 0.5) is 0 Å². The van der Waals surface area contributed by atoms with E-state index >= 15 is 0 Å². The van der Waals surface area contributed by atoms with Gasteiger partial charge in [0.1, 0.15) is 10.1 Å². The molecule has 2 rings (SSSR count). The van der Waals surface area contributed by atoms with Crippen LogP contribution in [0.15, 0.2) is 28.3 Å². The standard InChI is InChI=1S/C11H14N2O4S2/c1-13(2)19(15,16)8-3-4-10(12-7-8)18-9-5-6-17-11(9)14/h3-4,7,9H,5-6H2,1-2H3. The summed E-state index contributed by atoms with van der Waals surface area (Å²) < 4.78 is 29.7. The Morgan fingerprint density at radius 3 is 2.63 bits per heavy atom. The molecule has 1 aliphatic rings. The summed E-state index contributed by atoms with van der Waals surface area (Å²) in [5.41, 5.74) is 0. The van der Waals surface area contributed by atoms with Gasteiger partial charge in [0.25, 0.3) is 0 Å². The third-order valence-electron chi connectivity index (χ3n) is 2.64. The summed E-state index contributed by atoms with van der Waals surface area (Å²) in [5.74, 6) is -0.239. The van der Waals surface area contributed by atoms with Gasteiger partial charge >= 0.3 is 5.97 Å². The van der Waals surface area contributed by atoms with E-state index in [1.54, 1.807) is 6.07 Å². The Kier molecular flexibility index (Phi) is 4.12. The number of hydrogen-bond acceptors (Lipinski definition) is 6. The van der Waals surface area contributed by atoms with Crippen LogP contribution in [0.2, 0.25) is 0 Å². The van der Waals surface area contributed by atoms with Crippen molar-refractivity contribution in [2.24, 2.45) is 0 Å². The van der Waals surface area contributed by atoms with E-state index in [9.17, 15) is 13.2 Å². The Morgan fingerprint density at radius 2 is 2.16 bits per heavy atom. The molecular formula is C11H14N2O4S2. The van der Waals surface area contributed by atoms with Crippen LogP contribution < -0.4 is 0 Å². The van der Waals surface area contributed by atoms with Crippen molar-refractivity contribution in [1.29, 1.82) is 0 Å². The topological polar surface area (TPSA) is 76.6 Å². The average molecular weight is 302 g/mol. The predicted octanol–water partition coefficient (Wildman–Crippen LogP) is 0.740. The summed E-state index contributed by atoms with van der Waals surface area (Å²) in [5, 5.41) is 0.366. The lowest BCUT2D eigenvalue weighted by atomic mass is 10.4. The zero-order valence-corrected chi connectivity index (χ0v) is 12.2. The first-order valence-electron chi connectivity index (χ1n) is 5.63. The Hall–Kier alpha value is -1.12. The largest absolute Gasteiger partial charge is 0.465 e. The van der Waals surface area contributed by atoms with Gasteiger partial charge in [-0.05, 0) is 12.1 Å². The van der Waals surface area contributed by atoms with Gasteiger partial charge in [-0.15, -0.1) is 0 Å². The fraction of sp³-hybridized carbons (Fsp3) is 0.455. The zero-order valence-electron chi connectivity index (χ0n) is 10.6. The molecule has 0 saturated carbocycles. The van der Waals surface area contributed by atoms with Gasteiger partial charge in [-0.2, -0.15) is 0 Å². The minimum absolute atomic E-state index is 0.135. The second-order valence-electron chi connectivity index (χ2n) is 4.18. The maximum absolute atomic E-state index is 11.8. The van der Waals surface area contributed by atoms with Gasteiger partial charge in [0.15, 0.2) is 0 Å². The van der Waals surface area contributed by atoms with E-state index in [4.69, 9.17) is 4.74 Å². The van der Waals surface area contributed by atoms with Crippen LogP contribution in [0.25, 0.3) is 0 Å². The molecular weight excluding hydrogens is 288 g/mol. The molecule has 0 amide bonds. The molecule has 1 aromatic heterocycles. The summed E-state index contributed by atoms with van der Waals surface area (Å²) in [4.78, 5) is 15.5. The van der Waals surface area contributed by atoms with Crippen LogP contribution in [0.1, 0.15) is 6.42 Å². The Bertz CT molecular complexity index is 569. The number of carbonyl (C=O) groups is 1. The quantitative estimate of drug-likeness (QED) is 0.764. The minimum atomic E-state index is -3.46. The second-order valence-corrected chi connectivity index (χ2v) is 7.56. The van der Waals surface area contributed by atoms with Crippen LogP contribution in [-0.4, -0.2) is 49.6 Å². The summed E-state index contributed by atoms with van der Waals surface area (Å²) in [7, 11) is -0.532. The first-order chi connectivity index (χ1) is 8.91. The number of thioether (sulfide) groups is 1. The number of ether oxygens (including phenoxy) is 1. The van der Waals surface area contributed by atoms with Gasteiger partial charge < -0.3 is 4.74 Å². The van der Waals surface area contributed by atoms with Gasteiger partial charge in [0.2, 0.25) is 10.0 Å². The highest BCUT2D eigenvalue weighted by Gasteiger charge is 2.28. The predicted molar refractivity (Wildman–Crippen MR) is 70.3 cm³/mol. The number of hydrogen-bond donors (Lipinski definition) is 0. The highest BCUT2D eigenvalue weighted by molar-refractivity contribution is 8.00. The van der Waals surface area contributed by atoms with E-state index in [1.165, 1.54) is 38.1 Å². The van der Waals surface area contributed by atoms with E-state index < -0.39 is 10.0 Å². The first kappa shape index (κ1) is 14.3. The molecule has 0 aliphatic carbocycles. The number of esters is 1. The smallest absolute Gasteiger partial charge is 0.319 e. The lowest BCUT2D eigenvalue weighted by Gasteiger charge is -2.11. The fourth-order valence-electron chi connectivity index (χ4n) is 1.53. The summed E-state index contributed by atoms with van der Waals surface area (Å²) in [6.07, 6.45) is 1.96. The molecule has 8 heteroatoms. The molecule has 0 spiro atoms. The third kappa shape index (κ3) is 3.07. The molecule has 0 N–H and O–H groups in total. The molecule has 104 valence electrons. The Balaban J connectivity index is 2.13. The molecule has 0 aromatic carbocycles. The van der Waals surface area contributed by atoms with Crippen molar-refractivity contribution in [1.82, 2.24) is 9.29 Å². The molecule has 1 unspecified atom stereocenters. The van der Waals surface area contributed by atoms with E-state index in [2.05, 4.69) is 4.98 Å². The number of rotatable bonds is 4. The molecule has 6 nitrogen and oxygen atoms in total. The summed E-state index contributed by atoms with van der Waals surface area (Å²) in [6, 6.07) is 3.09. The maximum atomic E-state index is 11.8. The monoisotopic (exact) mass is 302 g/mol. The SMILES string of the molecule is CN(C)S(=O)(=O)c1ccc(SC2CCOC2=O)nc1. The van der Waals surface area contributed by atoms with Crippen molar-refractivity contribution in [2.45, 2.75) is 21.6 Å². The Labute approximate surface area is 116 Å². The normalized spacial score (nSPS) is 19.7. The van der Waals surface area contributed by atoms with Gasteiger partial charge in [-0.25, -0.2) is 17.7 Å². The van der Waals surface area contributed by atoms with Gasteiger partial charge in [-0.3, -0.25) is 4.79 Å². The van der Waals surface area contributed by atoms with Crippen molar-refractivity contribution < 1.29 is 17.9 Å². The number of pyridine rings is 1. The lowest BCUT2D eigenvalue weighted by Crippen LogP contribution is -2.22. The summed E-state index contributed by atoms with van der Waals surface area (Å²) >= 11 is 1.29. The van der Waals surface area contributed by atoms with Crippen molar-refractivity contribution in [3.05, 3.63) is 18.3 Å². The third-order valence-corrected chi connectivity index (χ3v) is 5.63. The van der Waals surface area contributed by atoms with Crippen molar-refractivity contribution in [2.75, 3.05) is 20.7 Å². The zero-order chi connectivity index (χ0) is 14.0. The highest BCUT2D eigenvalue weighted by atomic mass is 32.2. The van der Waals surface area contributed by atoms with Crippen molar-refractivity contribution >= 4 is 27.8 Å². The van der Waals surface area contributed by atoms with Gasteiger partial charge in [-0.1, -0.05) is 11.8 Å². The van der Waals surface area contributed by atoms with Gasteiger partial charge in [0.05, 0.1) is 11.6 Å². The molecule has 1 atom stereocenters. The number of sulfonamides is 1. The molecule has 1 saturated heterocycles. The van der Waals surface area contributed by atoms with Crippen LogP contribution >= 0.6 is 11.8 Å². The van der Waals surface area contributed by atoms with E-state index in [0.717, 1.165) is 4.31 Å². The van der Waals surface area contributed by atoms with Crippen molar-refractivity contribution in [3.8, 4) is 0 Å². The molecule has 1 aliphatic heterocycles. The maximum Gasteiger partial charge on any atom is 0.319 e. The molecule has 19 heavy (non-hydrogen) atoms. The molecule has 0 bridgehead atoms. The van der Waals surface area contributed by atoms with Crippen LogP contribution in [0.3, 0.4) is 0 Å². The molecule has 2 heterocycles. The summed E-state index contributed by atoms with van der Waals surface area (Å²) in [6.45, 7) is 0.434. The van der Waals surface area contributed by atoms with E-state index in [0.29, 0.717) is 18.1 Å². The number of aromatic nitrogens is 1. The van der Waals surface area contributed by atoms with Crippen molar-refractivity contribution in [3.63, 3.8) is 0 Å². The first-order valence-corrected chi connectivity index (χ1v) is 7.95. The van der Waals surface area contributed by atoms with E-state index in [-0.39, 0.29) is 16.1 Å². The minimum Gasteiger partial charge on any atom is -0.465 e. The average Bonchev–Trinajstić information content (AvgIpc) is 2.75. The Morgan fingerprint density at radius 1 is 1.42 bits per heavy atom. The van der Waals surface area contributed by atoms with E-state index in [1.807, 2.05) is 0 Å². The number of nitrogens with zero attached hydrogens (tertiary/aromatic N) is 2. The van der Waals surface area contributed by atoms with Crippen LogP contribution in [-0.2, 0) is 19.6 Å². The second kappa shape index (κ2) is 5.48. The molecule has 1 fully saturated rings. The van der Waals surface area contributed by atoms with Gasteiger partial charge in [0, 0.05) is 26.7 Å². The highest BCUT2D eigenvalue weighted by Crippen LogP contribution is 2.28. The molecule has 0 radical (unpaired) electrons. The van der Waals surface area contributed by atoms with Crippen LogP contribution in [0, 0.1) is 0 Å². The number of carbonyl (C=O) groups excluding carboxylic acids is 1. The number of cyclic esters (lactones) is 1. The fourth-order valence-corrected chi connectivity index (χ4v) is 3.31. The lowest BCUT2D eigenvalue weighted by molar-refractivity contribution is -0.137. The van der Waals surface area contributed by atoms with Crippen LogP contribution in [0.5, 0.6) is 0 Å².